The van der Waals surface area contributed by atoms with E-state index in [9.17, 15) is 14.7 Å². The van der Waals surface area contributed by atoms with Gasteiger partial charge in [-0.3, -0.25) is 4.90 Å². The summed E-state index contributed by atoms with van der Waals surface area (Å²) in [6.07, 6.45) is 6.41. The number of carbonyl (C=O) groups is 2. The third-order valence-corrected chi connectivity index (χ3v) is 3.72. The second kappa shape index (κ2) is 6.21. The van der Waals surface area contributed by atoms with E-state index >= 15 is 0 Å². The predicted octanol–water partition coefficient (Wildman–Crippen LogP) is 3.30. The first kappa shape index (κ1) is 15.0. The highest BCUT2D eigenvalue weighted by Crippen LogP contribution is 2.30. The number of carboxylic acid groups (broad SMARTS) is 1. The molecule has 0 heterocycles. The summed E-state index contributed by atoms with van der Waals surface area (Å²) >= 11 is 0. The molecular weight excluding hydrogens is 230 g/mol. The Morgan fingerprint density at radius 1 is 1.33 bits per heavy atom. The van der Waals surface area contributed by atoms with Gasteiger partial charge < -0.3 is 9.90 Å². The maximum absolute atomic E-state index is 11.4. The van der Waals surface area contributed by atoms with Crippen LogP contribution in [0.25, 0.3) is 0 Å². The minimum atomic E-state index is -1.00. The fraction of sp³-hybridized carbons (Fsp3) is 0.857. The Labute approximate surface area is 109 Å². The van der Waals surface area contributed by atoms with E-state index in [2.05, 4.69) is 0 Å². The molecule has 4 heteroatoms. The predicted molar refractivity (Wildman–Crippen MR) is 70.7 cm³/mol. The van der Waals surface area contributed by atoms with Gasteiger partial charge in [-0.05, 0) is 33.1 Å². The van der Waals surface area contributed by atoms with E-state index in [1.165, 1.54) is 24.2 Å². The molecule has 1 aliphatic rings. The summed E-state index contributed by atoms with van der Waals surface area (Å²) < 4.78 is 0. The topological polar surface area (TPSA) is 57.6 Å². The SMILES string of the molecule is CC(C)(C)N(C(=O)O)C(C=O)CC1CCCCC1. The second-order valence-electron chi connectivity index (χ2n) is 6.27. The molecule has 0 aromatic carbocycles. The maximum Gasteiger partial charge on any atom is 0.408 e. The lowest BCUT2D eigenvalue weighted by Gasteiger charge is -2.38. The van der Waals surface area contributed by atoms with Crippen LogP contribution >= 0.6 is 0 Å². The molecule has 18 heavy (non-hydrogen) atoms. The van der Waals surface area contributed by atoms with Crippen LogP contribution in [0.4, 0.5) is 4.79 Å². The van der Waals surface area contributed by atoms with Gasteiger partial charge in [-0.25, -0.2) is 4.79 Å². The van der Waals surface area contributed by atoms with E-state index in [-0.39, 0.29) is 0 Å². The molecular formula is C14H25NO3. The summed E-state index contributed by atoms with van der Waals surface area (Å²) in [5.41, 5.74) is -0.536. The highest BCUT2D eigenvalue weighted by molar-refractivity contribution is 5.72. The highest BCUT2D eigenvalue weighted by atomic mass is 16.4. The van der Waals surface area contributed by atoms with Crippen LogP contribution in [0.5, 0.6) is 0 Å². The van der Waals surface area contributed by atoms with Crippen LogP contribution in [0, 0.1) is 5.92 Å². The Morgan fingerprint density at radius 3 is 2.28 bits per heavy atom. The van der Waals surface area contributed by atoms with Gasteiger partial charge in [0.15, 0.2) is 0 Å². The van der Waals surface area contributed by atoms with Crippen LogP contribution in [-0.4, -0.2) is 34.0 Å². The number of hydrogen-bond acceptors (Lipinski definition) is 2. The van der Waals surface area contributed by atoms with Crippen LogP contribution in [0.15, 0.2) is 0 Å². The fourth-order valence-electron chi connectivity index (χ4n) is 2.91. The lowest BCUT2D eigenvalue weighted by atomic mass is 9.84. The third kappa shape index (κ3) is 4.00. The Bertz CT molecular complexity index is 290. The van der Waals surface area contributed by atoms with Crippen molar-refractivity contribution in [2.24, 2.45) is 5.92 Å². The van der Waals surface area contributed by atoms with Crippen molar-refractivity contribution in [1.82, 2.24) is 4.90 Å². The molecule has 1 unspecified atom stereocenters. The number of aldehydes is 1. The van der Waals surface area contributed by atoms with Crippen LogP contribution in [0.1, 0.15) is 59.3 Å². The molecule has 1 fully saturated rings. The van der Waals surface area contributed by atoms with Crippen molar-refractivity contribution in [3.63, 3.8) is 0 Å². The number of nitrogens with zero attached hydrogens (tertiary/aromatic N) is 1. The molecule has 0 aromatic heterocycles. The molecule has 0 spiro atoms. The minimum absolute atomic E-state index is 0.498. The molecule has 4 nitrogen and oxygen atoms in total. The Balaban J connectivity index is 2.72. The Hall–Kier alpha value is -1.06. The summed E-state index contributed by atoms with van der Waals surface area (Å²) in [5, 5.41) is 9.31. The van der Waals surface area contributed by atoms with E-state index in [0.717, 1.165) is 19.1 Å². The zero-order valence-corrected chi connectivity index (χ0v) is 11.7. The molecule has 0 aromatic rings. The molecule has 1 atom stereocenters. The smallest absolute Gasteiger partial charge is 0.408 e. The Kier molecular flexibility index (Phi) is 5.17. The maximum atomic E-state index is 11.4. The van der Waals surface area contributed by atoms with Crippen LogP contribution < -0.4 is 0 Å². The molecule has 0 radical (unpaired) electrons. The number of amides is 1. The molecule has 104 valence electrons. The number of rotatable bonds is 4. The van der Waals surface area contributed by atoms with Crippen molar-refractivity contribution in [1.29, 1.82) is 0 Å². The number of hydrogen-bond donors (Lipinski definition) is 1. The van der Waals surface area contributed by atoms with Gasteiger partial charge in [0, 0.05) is 5.54 Å². The molecule has 0 aliphatic heterocycles. The summed E-state index contributed by atoms with van der Waals surface area (Å²) in [4.78, 5) is 23.9. The van der Waals surface area contributed by atoms with Crippen molar-refractivity contribution < 1.29 is 14.7 Å². The molecule has 1 amide bonds. The molecule has 1 N–H and O–H groups in total. The lowest BCUT2D eigenvalue weighted by molar-refractivity contribution is -0.114. The fourth-order valence-corrected chi connectivity index (χ4v) is 2.91. The summed E-state index contributed by atoms with van der Waals surface area (Å²) in [5.74, 6) is 0.498. The zero-order chi connectivity index (χ0) is 13.8. The monoisotopic (exact) mass is 255 g/mol. The van der Waals surface area contributed by atoms with Gasteiger partial charge >= 0.3 is 6.09 Å². The highest BCUT2D eigenvalue weighted by Gasteiger charge is 2.34. The van der Waals surface area contributed by atoms with Gasteiger partial charge in [0.25, 0.3) is 0 Å². The normalized spacial score (nSPS) is 19.3. The second-order valence-corrected chi connectivity index (χ2v) is 6.27. The van der Waals surface area contributed by atoms with E-state index < -0.39 is 17.7 Å². The van der Waals surface area contributed by atoms with Gasteiger partial charge in [-0.1, -0.05) is 32.1 Å². The van der Waals surface area contributed by atoms with Gasteiger partial charge in [-0.2, -0.15) is 0 Å². The Morgan fingerprint density at radius 2 is 1.89 bits per heavy atom. The summed E-state index contributed by atoms with van der Waals surface area (Å²) in [6.45, 7) is 5.50. The third-order valence-electron chi connectivity index (χ3n) is 3.72. The van der Waals surface area contributed by atoms with Crippen LogP contribution in [-0.2, 0) is 4.79 Å². The van der Waals surface area contributed by atoms with Gasteiger partial charge in [0.05, 0.1) is 6.04 Å². The first-order valence-electron chi connectivity index (χ1n) is 6.84. The quantitative estimate of drug-likeness (QED) is 0.784. The van der Waals surface area contributed by atoms with E-state index in [4.69, 9.17) is 0 Å². The molecule has 0 saturated heterocycles. The molecule has 1 rings (SSSR count). The van der Waals surface area contributed by atoms with Crippen molar-refractivity contribution in [3.05, 3.63) is 0 Å². The van der Waals surface area contributed by atoms with E-state index in [1.807, 2.05) is 20.8 Å². The average molecular weight is 255 g/mol. The summed E-state index contributed by atoms with van der Waals surface area (Å²) in [6, 6.07) is -0.509. The van der Waals surface area contributed by atoms with Crippen molar-refractivity contribution >= 4 is 12.4 Å². The summed E-state index contributed by atoms with van der Waals surface area (Å²) in [7, 11) is 0. The van der Waals surface area contributed by atoms with Gasteiger partial charge in [0.1, 0.15) is 6.29 Å². The van der Waals surface area contributed by atoms with Crippen LogP contribution in [0.3, 0.4) is 0 Å². The number of carbonyl (C=O) groups excluding carboxylic acids is 1. The molecule has 0 bridgehead atoms. The largest absolute Gasteiger partial charge is 0.465 e. The molecule has 1 saturated carbocycles. The zero-order valence-electron chi connectivity index (χ0n) is 11.7. The lowest BCUT2D eigenvalue weighted by Crippen LogP contribution is -2.52. The molecule has 1 aliphatic carbocycles. The minimum Gasteiger partial charge on any atom is -0.465 e. The van der Waals surface area contributed by atoms with Crippen molar-refractivity contribution in [3.8, 4) is 0 Å². The first-order chi connectivity index (χ1) is 8.36. The van der Waals surface area contributed by atoms with E-state index in [0.29, 0.717) is 12.3 Å². The van der Waals surface area contributed by atoms with E-state index in [1.54, 1.807) is 0 Å². The van der Waals surface area contributed by atoms with Crippen molar-refractivity contribution in [2.75, 3.05) is 0 Å². The first-order valence-corrected chi connectivity index (χ1v) is 6.84. The standard InChI is InChI=1S/C14H25NO3/c1-14(2,3)15(13(17)18)12(10-16)9-11-7-5-4-6-8-11/h10-12H,4-9H2,1-3H3,(H,17,18). The van der Waals surface area contributed by atoms with Crippen molar-refractivity contribution in [2.45, 2.75) is 70.9 Å². The average Bonchev–Trinajstić information content (AvgIpc) is 2.27. The van der Waals surface area contributed by atoms with Crippen LogP contribution in [0.2, 0.25) is 0 Å². The van der Waals surface area contributed by atoms with Gasteiger partial charge in [-0.15, -0.1) is 0 Å². The van der Waals surface area contributed by atoms with Gasteiger partial charge in [0.2, 0.25) is 0 Å².